The highest BCUT2D eigenvalue weighted by molar-refractivity contribution is 6.29. The average molecular weight is 233 g/mol. The highest BCUT2D eigenvalue weighted by atomic mass is 35.5. The van der Waals surface area contributed by atoms with Gasteiger partial charge in [0.1, 0.15) is 5.15 Å². The van der Waals surface area contributed by atoms with E-state index in [4.69, 9.17) is 26.9 Å². The van der Waals surface area contributed by atoms with Gasteiger partial charge in [-0.05, 0) is 0 Å². The predicted molar refractivity (Wildman–Crippen MR) is 51.6 cm³/mol. The lowest BCUT2D eigenvalue weighted by atomic mass is 10.6. The van der Waals surface area contributed by atoms with Crippen molar-refractivity contribution < 1.29 is 14.4 Å². The molecule has 0 radical (unpaired) electrons. The summed E-state index contributed by atoms with van der Waals surface area (Å²) >= 11 is 5.65. The lowest BCUT2D eigenvalue weighted by molar-refractivity contribution is 0.00596. The molecule has 1 heterocycles. The zero-order chi connectivity index (χ0) is 11.4. The number of nitrogens with two attached hydrogens (primary N) is 1. The Morgan fingerprint density at radius 3 is 2.80 bits per heavy atom. The van der Waals surface area contributed by atoms with Crippen molar-refractivity contribution in [2.75, 3.05) is 14.2 Å². The lowest BCUT2D eigenvalue weighted by Gasteiger charge is -2.13. The van der Waals surface area contributed by atoms with Gasteiger partial charge in [0.05, 0.1) is 14.2 Å². The topological polar surface area (TPSA) is 90.6 Å². The maximum atomic E-state index is 10.6. The first-order valence-corrected chi connectivity index (χ1v) is 4.20. The smallest absolute Gasteiger partial charge is 0.347 e. The Morgan fingerprint density at radius 1 is 1.60 bits per heavy atom. The second kappa shape index (κ2) is 4.65. The van der Waals surface area contributed by atoms with Gasteiger partial charge in [0.2, 0.25) is 5.88 Å². The van der Waals surface area contributed by atoms with Crippen LogP contribution in [0.25, 0.3) is 0 Å². The quantitative estimate of drug-likeness (QED) is 0.603. The number of hydrogen-bond acceptors (Lipinski definition) is 5. The Balaban J connectivity index is 2.85. The van der Waals surface area contributed by atoms with Crippen molar-refractivity contribution in [3.63, 3.8) is 0 Å². The van der Waals surface area contributed by atoms with Crippen molar-refractivity contribution in [3.8, 4) is 11.9 Å². The Kier molecular flexibility index (Phi) is 3.51. The number of hydrogen-bond donors (Lipinski definition) is 1. The molecule has 2 amide bonds. The molecular weight excluding hydrogens is 224 g/mol. The molecule has 1 aromatic rings. The van der Waals surface area contributed by atoms with E-state index in [0.717, 1.165) is 5.06 Å². The van der Waals surface area contributed by atoms with Crippen LogP contribution in [0.1, 0.15) is 0 Å². The molecule has 0 atom stereocenters. The minimum Gasteiger partial charge on any atom is -0.481 e. The molecule has 0 spiro atoms. The van der Waals surface area contributed by atoms with Crippen LogP contribution in [0.15, 0.2) is 6.07 Å². The molecule has 0 unspecified atom stereocenters. The third-order valence-corrected chi connectivity index (χ3v) is 1.58. The van der Waals surface area contributed by atoms with Crippen LogP contribution in [0.3, 0.4) is 0 Å². The number of ether oxygens (including phenoxy) is 1. The number of rotatable bonds is 3. The van der Waals surface area contributed by atoms with E-state index >= 15 is 0 Å². The Hall–Kier alpha value is -1.76. The third-order valence-electron chi connectivity index (χ3n) is 1.39. The van der Waals surface area contributed by atoms with Crippen molar-refractivity contribution in [3.05, 3.63) is 11.2 Å². The number of urea groups is 1. The van der Waals surface area contributed by atoms with Crippen LogP contribution in [0, 0.1) is 0 Å². The van der Waals surface area contributed by atoms with E-state index in [1.807, 2.05) is 0 Å². The summed E-state index contributed by atoms with van der Waals surface area (Å²) in [7, 11) is 2.74. The molecule has 0 aliphatic carbocycles. The SMILES string of the molecule is COc1cc(Cl)nc(ON(C)C(N)=O)n1. The van der Waals surface area contributed by atoms with E-state index in [-0.39, 0.29) is 17.0 Å². The summed E-state index contributed by atoms with van der Waals surface area (Å²) in [5.41, 5.74) is 4.93. The molecule has 0 saturated carbocycles. The first-order valence-electron chi connectivity index (χ1n) is 3.82. The lowest BCUT2D eigenvalue weighted by Crippen LogP contribution is -2.35. The van der Waals surface area contributed by atoms with E-state index in [9.17, 15) is 4.79 Å². The summed E-state index contributed by atoms with van der Waals surface area (Å²) in [4.78, 5) is 23.0. The number of primary amides is 1. The monoisotopic (exact) mass is 232 g/mol. The molecule has 8 heteroatoms. The van der Waals surface area contributed by atoms with E-state index in [1.165, 1.54) is 20.2 Å². The van der Waals surface area contributed by atoms with Crippen LogP contribution in [0.5, 0.6) is 11.9 Å². The van der Waals surface area contributed by atoms with Gasteiger partial charge in [0.25, 0.3) is 0 Å². The predicted octanol–water partition coefficient (Wildman–Crippen LogP) is 0.443. The van der Waals surface area contributed by atoms with Crippen molar-refractivity contribution in [1.82, 2.24) is 15.0 Å². The molecule has 0 fully saturated rings. The first-order chi connectivity index (χ1) is 7.02. The normalized spacial score (nSPS) is 9.53. The van der Waals surface area contributed by atoms with Crippen LogP contribution in [-0.4, -0.2) is 35.2 Å². The van der Waals surface area contributed by atoms with Crippen LogP contribution in [0.4, 0.5) is 4.79 Å². The Bertz CT molecular complexity index is 373. The standard InChI is InChI=1S/C7H9ClN4O3/c1-12(6(9)13)15-7-10-4(8)3-5(11-7)14-2/h3H,1-2H3,(H2,9,13). The van der Waals surface area contributed by atoms with Gasteiger partial charge in [-0.25, -0.2) is 4.79 Å². The van der Waals surface area contributed by atoms with E-state index in [2.05, 4.69) is 9.97 Å². The molecule has 1 aromatic heterocycles. The molecule has 2 N–H and O–H groups in total. The summed E-state index contributed by atoms with van der Waals surface area (Å²) in [5.74, 6) is 0.225. The fraction of sp³-hybridized carbons (Fsp3) is 0.286. The average Bonchev–Trinajstić information content (AvgIpc) is 2.16. The number of nitrogens with zero attached hydrogens (tertiary/aromatic N) is 3. The van der Waals surface area contributed by atoms with E-state index < -0.39 is 6.03 Å². The number of methoxy groups -OCH3 is 1. The van der Waals surface area contributed by atoms with Gasteiger partial charge in [-0.15, -0.1) is 0 Å². The van der Waals surface area contributed by atoms with Crippen molar-refractivity contribution >= 4 is 17.6 Å². The van der Waals surface area contributed by atoms with Crippen LogP contribution in [-0.2, 0) is 0 Å². The van der Waals surface area contributed by atoms with Gasteiger partial charge in [-0.1, -0.05) is 11.6 Å². The fourth-order valence-electron chi connectivity index (χ4n) is 0.690. The van der Waals surface area contributed by atoms with E-state index in [1.54, 1.807) is 0 Å². The minimum atomic E-state index is -0.780. The molecule has 1 rings (SSSR count). The highest BCUT2D eigenvalue weighted by Crippen LogP contribution is 2.17. The maximum absolute atomic E-state index is 10.6. The number of carbonyl (C=O) groups is 1. The van der Waals surface area contributed by atoms with Crippen molar-refractivity contribution in [1.29, 1.82) is 0 Å². The Morgan fingerprint density at radius 2 is 2.27 bits per heavy atom. The second-order valence-corrected chi connectivity index (χ2v) is 2.83. The number of aromatic nitrogens is 2. The number of carbonyl (C=O) groups excluding carboxylic acids is 1. The van der Waals surface area contributed by atoms with Crippen LogP contribution < -0.4 is 15.3 Å². The zero-order valence-corrected chi connectivity index (χ0v) is 8.85. The molecule has 82 valence electrons. The highest BCUT2D eigenvalue weighted by Gasteiger charge is 2.10. The number of halogens is 1. The van der Waals surface area contributed by atoms with E-state index in [0.29, 0.717) is 0 Å². The zero-order valence-electron chi connectivity index (χ0n) is 8.10. The summed E-state index contributed by atoms with van der Waals surface area (Å²) in [6.45, 7) is 0. The summed E-state index contributed by atoms with van der Waals surface area (Å²) < 4.78 is 4.83. The van der Waals surface area contributed by atoms with Crippen molar-refractivity contribution in [2.24, 2.45) is 5.73 Å². The molecule has 7 nitrogen and oxygen atoms in total. The van der Waals surface area contributed by atoms with Gasteiger partial charge in [0, 0.05) is 6.07 Å². The van der Waals surface area contributed by atoms with Gasteiger partial charge in [-0.2, -0.15) is 15.0 Å². The Labute approximate surface area is 90.7 Å². The van der Waals surface area contributed by atoms with Gasteiger partial charge < -0.3 is 15.3 Å². The molecule has 15 heavy (non-hydrogen) atoms. The van der Waals surface area contributed by atoms with Crippen LogP contribution in [0.2, 0.25) is 5.15 Å². The fourth-order valence-corrected chi connectivity index (χ4v) is 0.856. The summed E-state index contributed by atoms with van der Waals surface area (Å²) in [6, 6.07) is 0.497. The molecule has 0 aliphatic rings. The maximum Gasteiger partial charge on any atom is 0.347 e. The molecule has 0 aliphatic heterocycles. The van der Waals surface area contributed by atoms with Gasteiger partial charge in [0.15, 0.2) is 0 Å². The summed E-state index contributed by atoms with van der Waals surface area (Å²) in [6.07, 6.45) is 0. The molecule has 0 bridgehead atoms. The largest absolute Gasteiger partial charge is 0.481 e. The number of hydroxylamine groups is 2. The molecule has 0 saturated heterocycles. The summed E-state index contributed by atoms with van der Waals surface area (Å²) in [5, 5.41) is 0.903. The minimum absolute atomic E-state index is 0.124. The number of amides is 2. The first kappa shape index (κ1) is 11.3. The van der Waals surface area contributed by atoms with Crippen molar-refractivity contribution in [2.45, 2.75) is 0 Å². The second-order valence-electron chi connectivity index (χ2n) is 2.44. The third kappa shape index (κ3) is 3.13. The van der Waals surface area contributed by atoms with Gasteiger partial charge >= 0.3 is 12.0 Å². The molecular formula is C7H9ClN4O3. The molecule has 0 aromatic carbocycles. The van der Waals surface area contributed by atoms with Crippen LogP contribution >= 0.6 is 11.6 Å². The van der Waals surface area contributed by atoms with Gasteiger partial charge in [-0.3, -0.25) is 0 Å².